The number of carbonyl (C=O) groups excluding carboxylic acids is 1. The van der Waals surface area contributed by atoms with E-state index < -0.39 is 23.0 Å². The highest BCUT2D eigenvalue weighted by Crippen LogP contribution is 2.16. The van der Waals surface area contributed by atoms with Crippen LogP contribution in [-0.2, 0) is 7.05 Å². The number of hydrogen-bond donors (Lipinski definition) is 0. The lowest BCUT2D eigenvalue weighted by molar-refractivity contribution is 0.102. The summed E-state index contributed by atoms with van der Waals surface area (Å²) in [5, 5.41) is 3.77. The quantitative estimate of drug-likeness (QED) is 0.728. The Labute approximate surface area is 90.3 Å². The molecule has 16 heavy (non-hydrogen) atoms. The molecule has 1 aromatic heterocycles. The predicted molar refractivity (Wildman–Crippen MR) is 53.0 cm³/mol. The molecule has 0 spiro atoms. The Balaban J connectivity index is 2.54. The van der Waals surface area contributed by atoms with Crippen LogP contribution in [0.2, 0.25) is 0 Å². The number of aromatic nitrogens is 2. The fraction of sp³-hybridized carbons (Fsp3) is 0.0909. The van der Waals surface area contributed by atoms with Gasteiger partial charge in [-0.3, -0.25) is 9.48 Å². The fourth-order valence-corrected chi connectivity index (χ4v) is 1.44. The predicted octanol–water partition coefficient (Wildman–Crippen LogP) is 1.93. The highest BCUT2D eigenvalue weighted by atomic mass is 19.1. The number of aryl methyl sites for hydroxylation is 1. The zero-order valence-electron chi connectivity index (χ0n) is 8.45. The second-order valence-corrected chi connectivity index (χ2v) is 3.27. The van der Waals surface area contributed by atoms with Crippen LogP contribution in [0.5, 0.6) is 0 Å². The van der Waals surface area contributed by atoms with E-state index in [0.717, 1.165) is 12.1 Å². The second kappa shape index (κ2) is 3.84. The van der Waals surface area contributed by atoms with Gasteiger partial charge in [0.1, 0.15) is 17.3 Å². The normalized spacial score (nSPS) is 10.4. The van der Waals surface area contributed by atoms with Crippen LogP contribution in [0.25, 0.3) is 0 Å². The van der Waals surface area contributed by atoms with Crippen LogP contribution >= 0.6 is 0 Å². The average molecular weight is 222 g/mol. The van der Waals surface area contributed by atoms with Crippen LogP contribution in [0.3, 0.4) is 0 Å². The van der Waals surface area contributed by atoms with E-state index in [2.05, 4.69) is 5.10 Å². The molecule has 0 aliphatic heterocycles. The summed E-state index contributed by atoms with van der Waals surface area (Å²) < 4.78 is 27.9. The first-order valence-electron chi connectivity index (χ1n) is 4.58. The number of rotatable bonds is 2. The van der Waals surface area contributed by atoms with Crippen molar-refractivity contribution in [2.45, 2.75) is 0 Å². The van der Waals surface area contributed by atoms with Crippen LogP contribution in [0.4, 0.5) is 8.78 Å². The molecule has 0 aliphatic rings. The minimum Gasteiger partial charge on any atom is -0.287 e. The standard InChI is InChI=1S/C11H8F2N2O/c1-15-9(5-6-14-15)11(16)10-7(12)3-2-4-8(10)13/h2-6H,1H3. The molecule has 82 valence electrons. The van der Waals surface area contributed by atoms with E-state index >= 15 is 0 Å². The van der Waals surface area contributed by atoms with E-state index in [0.29, 0.717) is 0 Å². The molecule has 0 bridgehead atoms. The Morgan fingerprint density at radius 3 is 2.38 bits per heavy atom. The van der Waals surface area contributed by atoms with Gasteiger partial charge in [0.2, 0.25) is 5.78 Å². The molecule has 0 aliphatic carbocycles. The number of nitrogens with zero attached hydrogens (tertiary/aromatic N) is 2. The molecular weight excluding hydrogens is 214 g/mol. The number of ketones is 1. The van der Waals surface area contributed by atoms with Crippen molar-refractivity contribution < 1.29 is 13.6 Å². The van der Waals surface area contributed by atoms with Gasteiger partial charge in [-0.15, -0.1) is 0 Å². The summed E-state index contributed by atoms with van der Waals surface area (Å²) in [4.78, 5) is 11.8. The highest BCUT2D eigenvalue weighted by molar-refractivity contribution is 6.08. The minimum absolute atomic E-state index is 0.143. The third-order valence-corrected chi connectivity index (χ3v) is 2.24. The van der Waals surface area contributed by atoms with E-state index in [4.69, 9.17) is 0 Å². The molecule has 1 aromatic carbocycles. The first kappa shape index (κ1) is 10.5. The van der Waals surface area contributed by atoms with Gasteiger partial charge in [0.25, 0.3) is 0 Å². The molecule has 0 atom stereocenters. The van der Waals surface area contributed by atoms with Gasteiger partial charge in [-0.05, 0) is 18.2 Å². The summed E-state index contributed by atoms with van der Waals surface area (Å²) in [5.41, 5.74) is -0.407. The van der Waals surface area contributed by atoms with Gasteiger partial charge in [0, 0.05) is 13.2 Å². The van der Waals surface area contributed by atoms with E-state index in [-0.39, 0.29) is 5.69 Å². The maximum absolute atomic E-state index is 13.3. The molecule has 5 heteroatoms. The van der Waals surface area contributed by atoms with Gasteiger partial charge >= 0.3 is 0 Å². The number of hydrogen-bond acceptors (Lipinski definition) is 2. The molecule has 2 rings (SSSR count). The summed E-state index contributed by atoms with van der Waals surface area (Å²) in [6.07, 6.45) is 1.39. The van der Waals surface area contributed by atoms with Gasteiger partial charge < -0.3 is 0 Å². The van der Waals surface area contributed by atoms with Gasteiger partial charge in [0.05, 0.1) is 5.56 Å². The third kappa shape index (κ3) is 1.60. The van der Waals surface area contributed by atoms with Crippen molar-refractivity contribution in [1.29, 1.82) is 0 Å². The van der Waals surface area contributed by atoms with Crippen LogP contribution < -0.4 is 0 Å². The molecule has 0 radical (unpaired) electrons. The molecule has 0 amide bonds. The number of carbonyl (C=O) groups is 1. The van der Waals surface area contributed by atoms with Gasteiger partial charge in [-0.2, -0.15) is 5.10 Å². The smallest absolute Gasteiger partial charge is 0.216 e. The zero-order valence-corrected chi connectivity index (χ0v) is 8.45. The van der Waals surface area contributed by atoms with Gasteiger partial charge in [-0.1, -0.05) is 6.07 Å². The Morgan fingerprint density at radius 2 is 1.88 bits per heavy atom. The van der Waals surface area contributed by atoms with E-state index in [1.54, 1.807) is 0 Å². The largest absolute Gasteiger partial charge is 0.287 e. The number of benzene rings is 1. The van der Waals surface area contributed by atoms with Crippen molar-refractivity contribution in [3.63, 3.8) is 0 Å². The number of halogens is 2. The van der Waals surface area contributed by atoms with E-state index in [1.807, 2.05) is 0 Å². The molecule has 0 unspecified atom stereocenters. The maximum Gasteiger partial charge on any atom is 0.216 e. The van der Waals surface area contributed by atoms with Crippen LogP contribution in [0.1, 0.15) is 16.1 Å². The Kier molecular flexibility index (Phi) is 2.52. The molecule has 0 saturated carbocycles. The lowest BCUT2D eigenvalue weighted by Crippen LogP contribution is -2.12. The highest BCUT2D eigenvalue weighted by Gasteiger charge is 2.20. The molecule has 0 fully saturated rings. The lowest BCUT2D eigenvalue weighted by atomic mass is 10.1. The van der Waals surface area contributed by atoms with Crippen LogP contribution in [-0.4, -0.2) is 15.6 Å². The molecule has 0 N–H and O–H groups in total. The fourth-order valence-electron chi connectivity index (χ4n) is 1.44. The molecule has 1 heterocycles. The third-order valence-electron chi connectivity index (χ3n) is 2.24. The molecule has 0 saturated heterocycles. The van der Waals surface area contributed by atoms with E-state index in [9.17, 15) is 13.6 Å². The van der Waals surface area contributed by atoms with Crippen molar-refractivity contribution in [2.24, 2.45) is 7.05 Å². The molecule has 2 aromatic rings. The van der Waals surface area contributed by atoms with E-state index in [1.165, 1.54) is 30.1 Å². The topological polar surface area (TPSA) is 34.9 Å². The maximum atomic E-state index is 13.3. The van der Waals surface area contributed by atoms with Gasteiger partial charge in [0.15, 0.2) is 0 Å². The van der Waals surface area contributed by atoms with Crippen molar-refractivity contribution >= 4 is 5.78 Å². The summed E-state index contributed by atoms with van der Waals surface area (Å²) >= 11 is 0. The zero-order chi connectivity index (χ0) is 11.7. The summed E-state index contributed by atoms with van der Waals surface area (Å²) in [6, 6.07) is 4.72. The molecular formula is C11H8F2N2O. The van der Waals surface area contributed by atoms with Gasteiger partial charge in [-0.25, -0.2) is 8.78 Å². The second-order valence-electron chi connectivity index (χ2n) is 3.27. The Hall–Kier alpha value is -2.04. The summed E-state index contributed by atoms with van der Waals surface area (Å²) in [5.74, 6) is -2.45. The monoisotopic (exact) mass is 222 g/mol. The summed E-state index contributed by atoms with van der Waals surface area (Å²) in [6.45, 7) is 0. The first-order valence-corrected chi connectivity index (χ1v) is 4.58. The van der Waals surface area contributed by atoms with Crippen LogP contribution in [0.15, 0.2) is 30.5 Å². The SMILES string of the molecule is Cn1nccc1C(=O)c1c(F)cccc1F. The average Bonchev–Trinajstić information content (AvgIpc) is 2.64. The first-order chi connectivity index (χ1) is 7.61. The minimum atomic E-state index is -0.869. The van der Waals surface area contributed by atoms with Crippen molar-refractivity contribution in [3.05, 3.63) is 53.4 Å². The van der Waals surface area contributed by atoms with Crippen molar-refractivity contribution in [2.75, 3.05) is 0 Å². The summed E-state index contributed by atoms with van der Waals surface area (Å²) in [7, 11) is 1.53. The van der Waals surface area contributed by atoms with Crippen molar-refractivity contribution in [1.82, 2.24) is 9.78 Å². The Bertz CT molecular complexity index is 528. The lowest BCUT2D eigenvalue weighted by Gasteiger charge is -2.03. The molecule has 3 nitrogen and oxygen atoms in total. The Morgan fingerprint density at radius 1 is 1.25 bits per heavy atom. The van der Waals surface area contributed by atoms with Crippen LogP contribution in [0, 0.1) is 11.6 Å². The van der Waals surface area contributed by atoms with Crippen molar-refractivity contribution in [3.8, 4) is 0 Å².